The third-order valence-electron chi connectivity index (χ3n) is 3.80. The van der Waals surface area contributed by atoms with E-state index in [9.17, 15) is 0 Å². The summed E-state index contributed by atoms with van der Waals surface area (Å²) in [5.74, 6) is 0. The van der Waals surface area contributed by atoms with Crippen LogP contribution in [-0.4, -0.2) is 31.3 Å². The molecular weight excluding hydrogens is 232 g/mol. The van der Waals surface area contributed by atoms with Gasteiger partial charge in [-0.1, -0.05) is 71.1 Å². The van der Waals surface area contributed by atoms with Crippen molar-refractivity contribution in [3.05, 3.63) is 0 Å². The van der Waals surface area contributed by atoms with Crippen LogP contribution in [0.5, 0.6) is 0 Å². The van der Waals surface area contributed by atoms with Crippen LogP contribution in [0.2, 0.25) is 0 Å². The lowest BCUT2D eigenvalue weighted by Gasteiger charge is -2.14. The van der Waals surface area contributed by atoms with Gasteiger partial charge in [-0.15, -0.1) is 0 Å². The molecule has 0 amide bonds. The lowest BCUT2D eigenvalue weighted by atomic mass is 10.1. The Bertz CT molecular complexity index is 180. The summed E-state index contributed by atoms with van der Waals surface area (Å²) >= 11 is 0. The van der Waals surface area contributed by atoms with Gasteiger partial charge in [-0.3, -0.25) is 0 Å². The molecule has 0 aromatic heterocycles. The Hall–Kier alpha value is -0.370. The van der Waals surface area contributed by atoms with Crippen LogP contribution in [0.15, 0.2) is 0 Å². The number of unbranched alkanes of at least 4 members (excludes halogenated alkanes) is 10. The molecule has 2 nitrogen and oxygen atoms in total. The third-order valence-corrected chi connectivity index (χ3v) is 3.80. The van der Waals surface area contributed by atoms with Crippen molar-refractivity contribution >= 4 is 6.21 Å². The zero-order valence-electron chi connectivity index (χ0n) is 13.4. The number of nitrogens with one attached hydrogen (secondary N) is 1. The first-order valence-corrected chi connectivity index (χ1v) is 8.48. The molecule has 0 fully saturated rings. The van der Waals surface area contributed by atoms with Crippen molar-refractivity contribution < 1.29 is 0 Å². The third kappa shape index (κ3) is 15.6. The molecule has 0 atom stereocenters. The second kappa shape index (κ2) is 15.7. The topological polar surface area (TPSA) is 27.1 Å². The molecule has 1 N–H and O–H groups in total. The Labute approximate surface area is 121 Å². The molecule has 0 aromatic rings. The maximum absolute atomic E-state index is 7.00. The first-order valence-electron chi connectivity index (χ1n) is 8.48. The minimum absolute atomic E-state index is 0.897. The standard InChI is InChI=1S/C17H36N2/c1-3-4-5-6-7-8-9-10-11-12-13-16-19(2)17-14-15-18/h15,18H,3-14,16-17H2,1-2H3. The molecule has 0 unspecified atom stereocenters. The average Bonchev–Trinajstić information content (AvgIpc) is 2.42. The van der Waals surface area contributed by atoms with E-state index in [0.29, 0.717) is 0 Å². The first-order chi connectivity index (χ1) is 9.31. The van der Waals surface area contributed by atoms with Crippen molar-refractivity contribution in [2.24, 2.45) is 0 Å². The van der Waals surface area contributed by atoms with E-state index in [1.807, 2.05) is 0 Å². The van der Waals surface area contributed by atoms with E-state index in [0.717, 1.165) is 13.0 Å². The van der Waals surface area contributed by atoms with Gasteiger partial charge in [0.25, 0.3) is 0 Å². The Morgan fingerprint density at radius 3 is 1.68 bits per heavy atom. The van der Waals surface area contributed by atoms with Crippen molar-refractivity contribution in [3.63, 3.8) is 0 Å². The molecule has 0 bridgehead atoms. The van der Waals surface area contributed by atoms with Gasteiger partial charge in [0.05, 0.1) is 0 Å². The smallest absolute Gasteiger partial charge is 0.00276 e. The molecule has 0 spiro atoms. The SMILES string of the molecule is CCCCCCCCCCCCCN(C)CCC=N. The molecule has 0 saturated heterocycles. The fourth-order valence-electron chi connectivity index (χ4n) is 2.44. The number of hydrogen-bond acceptors (Lipinski definition) is 2. The maximum atomic E-state index is 7.00. The lowest BCUT2D eigenvalue weighted by molar-refractivity contribution is 0.333. The Balaban J connectivity index is 3.04. The summed E-state index contributed by atoms with van der Waals surface area (Å²) in [6, 6.07) is 0. The molecule has 0 aliphatic heterocycles. The van der Waals surface area contributed by atoms with E-state index in [-0.39, 0.29) is 0 Å². The highest BCUT2D eigenvalue weighted by molar-refractivity contribution is 5.52. The summed E-state index contributed by atoms with van der Waals surface area (Å²) < 4.78 is 0. The van der Waals surface area contributed by atoms with Crippen LogP contribution in [0.25, 0.3) is 0 Å². The van der Waals surface area contributed by atoms with Gasteiger partial charge in [0.1, 0.15) is 0 Å². The molecule has 0 aliphatic rings. The predicted octanol–water partition coefficient (Wildman–Crippen LogP) is 5.27. The molecular formula is C17H36N2. The van der Waals surface area contributed by atoms with Gasteiger partial charge in [0.15, 0.2) is 0 Å². The van der Waals surface area contributed by atoms with E-state index in [4.69, 9.17) is 5.41 Å². The summed E-state index contributed by atoms with van der Waals surface area (Å²) in [5, 5.41) is 7.00. The lowest BCUT2D eigenvalue weighted by Crippen LogP contribution is -2.21. The van der Waals surface area contributed by atoms with Gasteiger partial charge < -0.3 is 10.3 Å². The minimum atomic E-state index is 0.897. The molecule has 0 rings (SSSR count). The van der Waals surface area contributed by atoms with E-state index in [2.05, 4.69) is 18.9 Å². The fourth-order valence-corrected chi connectivity index (χ4v) is 2.44. The van der Waals surface area contributed by atoms with Crippen molar-refractivity contribution in [1.29, 1.82) is 5.41 Å². The first kappa shape index (κ1) is 18.6. The van der Waals surface area contributed by atoms with Crippen LogP contribution >= 0.6 is 0 Å². The van der Waals surface area contributed by atoms with Crippen molar-refractivity contribution in [2.75, 3.05) is 20.1 Å². The Kier molecular flexibility index (Phi) is 15.4. The van der Waals surface area contributed by atoms with Crippen molar-refractivity contribution in [1.82, 2.24) is 4.90 Å². The molecule has 2 heteroatoms. The summed E-state index contributed by atoms with van der Waals surface area (Å²) in [5.41, 5.74) is 0. The van der Waals surface area contributed by atoms with E-state index in [1.54, 1.807) is 0 Å². The normalized spacial score (nSPS) is 11.1. The van der Waals surface area contributed by atoms with E-state index < -0.39 is 0 Å². The predicted molar refractivity (Wildman–Crippen MR) is 87.4 cm³/mol. The van der Waals surface area contributed by atoms with Gasteiger partial charge in [-0.2, -0.15) is 0 Å². The molecule has 114 valence electrons. The van der Waals surface area contributed by atoms with Gasteiger partial charge >= 0.3 is 0 Å². The van der Waals surface area contributed by atoms with Crippen molar-refractivity contribution in [2.45, 2.75) is 84.0 Å². The highest BCUT2D eigenvalue weighted by Crippen LogP contribution is 2.11. The van der Waals surface area contributed by atoms with Crippen LogP contribution < -0.4 is 0 Å². The van der Waals surface area contributed by atoms with Crippen LogP contribution in [0.3, 0.4) is 0 Å². The fraction of sp³-hybridized carbons (Fsp3) is 0.941. The zero-order chi connectivity index (χ0) is 14.2. The summed E-state index contributed by atoms with van der Waals surface area (Å²) in [6.45, 7) is 4.52. The summed E-state index contributed by atoms with van der Waals surface area (Å²) in [7, 11) is 2.17. The molecule has 19 heavy (non-hydrogen) atoms. The maximum Gasteiger partial charge on any atom is 0.00276 e. The second-order valence-electron chi connectivity index (χ2n) is 5.83. The summed E-state index contributed by atoms with van der Waals surface area (Å²) in [6.07, 6.45) is 18.0. The quantitative estimate of drug-likeness (QED) is 0.318. The zero-order valence-corrected chi connectivity index (χ0v) is 13.4. The number of hydrogen-bond donors (Lipinski definition) is 1. The number of nitrogens with zero attached hydrogens (tertiary/aromatic N) is 1. The van der Waals surface area contributed by atoms with Gasteiger partial charge in [-0.05, 0) is 32.6 Å². The molecule has 0 saturated carbocycles. The van der Waals surface area contributed by atoms with Crippen LogP contribution in [-0.2, 0) is 0 Å². The molecule has 0 aromatic carbocycles. The highest BCUT2D eigenvalue weighted by Gasteiger charge is 1.97. The van der Waals surface area contributed by atoms with Gasteiger partial charge in [0, 0.05) is 6.54 Å². The average molecular weight is 268 g/mol. The summed E-state index contributed by atoms with van der Waals surface area (Å²) in [4.78, 5) is 2.35. The Morgan fingerprint density at radius 2 is 1.21 bits per heavy atom. The number of rotatable bonds is 15. The van der Waals surface area contributed by atoms with Gasteiger partial charge in [0.2, 0.25) is 0 Å². The van der Waals surface area contributed by atoms with Crippen LogP contribution in [0, 0.1) is 5.41 Å². The van der Waals surface area contributed by atoms with E-state index >= 15 is 0 Å². The monoisotopic (exact) mass is 268 g/mol. The van der Waals surface area contributed by atoms with E-state index in [1.165, 1.54) is 83.4 Å². The molecule has 0 aliphatic carbocycles. The minimum Gasteiger partial charge on any atom is -0.313 e. The van der Waals surface area contributed by atoms with Crippen molar-refractivity contribution in [3.8, 4) is 0 Å². The van der Waals surface area contributed by atoms with Crippen LogP contribution in [0.1, 0.15) is 84.0 Å². The second-order valence-corrected chi connectivity index (χ2v) is 5.83. The molecule has 0 radical (unpaired) electrons. The van der Waals surface area contributed by atoms with Gasteiger partial charge in [-0.25, -0.2) is 0 Å². The Morgan fingerprint density at radius 1 is 0.737 bits per heavy atom. The molecule has 0 heterocycles. The highest BCUT2D eigenvalue weighted by atomic mass is 15.1. The largest absolute Gasteiger partial charge is 0.313 e. The van der Waals surface area contributed by atoms with Crippen LogP contribution in [0.4, 0.5) is 0 Å².